The third kappa shape index (κ3) is 1.90. The lowest BCUT2D eigenvalue weighted by molar-refractivity contribution is 0.219. The van der Waals surface area contributed by atoms with Gasteiger partial charge < -0.3 is 9.52 Å². The van der Waals surface area contributed by atoms with Gasteiger partial charge in [-0.3, -0.25) is 0 Å². The molecular weight excluding hydrogens is 256 g/mol. The van der Waals surface area contributed by atoms with E-state index in [2.05, 4.69) is 17.5 Å². The zero-order valence-electron chi connectivity index (χ0n) is 11.2. The number of aryl methyl sites for hydroxylation is 2. The first-order valence-electron chi connectivity index (χ1n) is 6.30. The van der Waals surface area contributed by atoms with Gasteiger partial charge in [-0.1, -0.05) is 18.2 Å². The Bertz CT molecular complexity index is 736. The molecule has 0 spiro atoms. The number of aliphatic hydroxyl groups excluding tert-OH is 1. The summed E-state index contributed by atoms with van der Waals surface area (Å²) in [6.45, 7) is 5.84. The van der Waals surface area contributed by atoms with E-state index in [0.717, 1.165) is 32.9 Å². The largest absolute Gasteiger partial charge is 0.466 e. The molecule has 98 valence electrons. The van der Waals surface area contributed by atoms with Crippen molar-refractivity contribution in [3.8, 4) is 0 Å². The molecule has 0 saturated heterocycles. The van der Waals surface area contributed by atoms with Gasteiger partial charge in [0, 0.05) is 15.8 Å². The minimum Gasteiger partial charge on any atom is -0.466 e. The molecule has 0 aliphatic rings. The smallest absolute Gasteiger partial charge is 0.109 e. The lowest BCUT2D eigenvalue weighted by atomic mass is 9.97. The molecule has 2 aromatic heterocycles. The average molecular weight is 272 g/mol. The van der Waals surface area contributed by atoms with Gasteiger partial charge in [-0.2, -0.15) is 0 Å². The second kappa shape index (κ2) is 4.51. The Balaban J connectivity index is 2.18. The molecule has 0 aliphatic heterocycles. The van der Waals surface area contributed by atoms with Crippen LogP contribution in [0.5, 0.6) is 0 Å². The Morgan fingerprint density at radius 3 is 2.58 bits per heavy atom. The molecule has 3 heteroatoms. The molecule has 0 radical (unpaired) electrons. The number of rotatable bonds is 2. The van der Waals surface area contributed by atoms with E-state index in [1.54, 1.807) is 11.3 Å². The van der Waals surface area contributed by atoms with Crippen molar-refractivity contribution in [1.82, 2.24) is 0 Å². The first-order chi connectivity index (χ1) is 9.09. The summed E-state index contributed by atoms with van der Waals surface area (Å²) in [5.74, 6) is 1.68. The summed E-state index contributed by atoms with van der Waals surface area (Å²) in [7, 11) is 0. The van der Waals surface area contributed by atoms with Crippen molar-refractivity contribution in [2.45, 2.75) is 26.9 Å². The van der Waals surface area contributed by atoms with Gasteiger partial charge in [0.1, 0.15) is 17.6 Å². The summed E-state index contributed by atoms with van der Waals surface area (Å²) >= 11 is 1.66. The number of fused-ring (bicyclic) bond motifs is 1. The lowest BCUT2D eigenvalue weighted by Gasteiger charge is -2.12. The Labute approximate surface area is 116 Å². The van der Waals surface area contributed by atoms with E-state index in [0.29, 0.717) is 0 Å². The van der Waals surface area contributed by atoms with E-state index in [4.69, 9.17) is 4.42 Å². The van der Waals surface area contributed by atoms with Crippen molar-refractivity contribution in [3.63, 3.8) is 0 Å². The van der Waals surface area contributed by atoms with Gasteiger partial charge in [-0.05, 0) is 43.2 Å². The van der Waals surface area contributed by atoms with Gasteiger partial charge in [0.25, 0.3) is 0 Å². The molecule has 1 aromatic carbocycles. The van der Waals surface area contributed by atoms with Crippen LogP contribution in [0, 0.1) is 20.8 Å². The topological polar surface area (TPSA) is 33.4 Å². The molecule has 1 unspecified atom stereocenters. The standard InChI is InChI=1S/C16H16O2S/c1-9-10(2)18-11(3)14(9)15(17)13-6-4-5-12-7-8-19-16(12)13/h4-8,15,17H,1-3H3. The van der Waals surface area contributed by atoms with Crippen LogP contribution in [0.2, 0.25) is 0 Å². The summed E-state index contributed by atoms with van der Waals surface area (Å²) in [5, 5.41) is 14.0. The zero-order chi connectivity index (χ0) is 13.6. The minimum absolute atomic E-state index is 0.625. The van der Waals surface area contributed by atoms with Crippen molar-refractivity contribution in [1.29, 1.82) is 0 Å². The summed E-state index contributed by atoms with van der Waals surface area (Å²) < 4.78 is 6.77. The maximum atomic E-state index is 10.7. The number of hydrogen-bond acceptors (Lipinski definition) is 3. The molecular formula is C16H16O2S. The molecule has 19 heavy (non-hydrogen) atoms. The zero-order valence-corrected chi connectivity index (χ0v) is 12.0. The van der Waals surface area contributed by atoms with Crippen molar-refractivity contribution in [2.75, 3.05) is 0 Å². The summed E-state index contributed by atoms with van der Waals surface area (Å²) in [5.41, 5.74) is 2.90. The van der Waals surface area contributed by atoms with Crippen LogP contribution in [0.1, 0.15) is 34.3 Å². The third-order valence-electron chi connectivity index (χ3n) is 3.70. The third-order valence-corrected chi connectivity index (χ3v) is 4.67. The molecule has 2 nitrogen and oxygen atoms in total. The molecule has 0 aliphatic carbocycles. The fraction of sp³-hybridized carbons (Fsp3) is 0.250. The van der Waals surface area contributed by atoms with Crippen molar-refractivity contribution < 1.29 is 9.52 Å². The van der Waals surface area contributed by atoms with Gasteiger partial charge >= 0.3 is 0 Å². The highest BCUT2D eigenvalue weighted by Gasteiger charge is 2.22. The van der Waals surface area contributed by atoms with E-state index >= 15 is 0 Å². The van der Waals surface area contributed by atoms with E-state index in [-0.39, 0.29) is 0 Å². The average Bonchev–Trinajstić information content (AvgIpc) is 2.94. The quantitative estimate of drug-likeness (QED) is 0.745. The fourth-order valence-electron chi connectivity index (χ4n) is 2.60. The molecule has 0 saturated carbocycles. The minimum atomic E-state index is -0.625. The Morgan fingerprint density at radius 2 is 1.89 bits per heavy atom. The fourth-order valence-corrected chi connectivity index (χ4v) is 3.54. The number of furan rings is 1. The molecule has 0 amide bonds. The first kappa shape index (κ1) is 12.5. The van der Waals surface area contributed by atoms with E-state index in [1.165, 1.54) is 5.39 Å². The van der Waals surface area contributed by atoms with Gasteiger partial charge in [-0.15, -0.1) is 11.3 Å². The van der Waals surface area contributed by atoms with Crippen LogP contribution >= 0.6 is 11.3 Å². The Hall–Kier alpha value is -1.58. The van der Waals surface area contributed by atoms with Crippen LogP contribution in [0.15, 0.2) is 34.1 Å². The SMILES string of the molecule is Cc1oc(C)c(C(O)c2cccc3ccsc23)c1C. The van der Waals surface area contributed by atoms with Gasteiger partial charge in [-0.25, -0.2) is 0 Å². The second-order valence-electron chi connectivity index (χ2n) is 4.84. The first-order valence-corrected chi connectivity index (χ1v) is 7.18. The molecule has 3 aromatic rings. The predicted molar refractivity (Wildman–Crippen MR) is 78.8 cm³/mol. The maximum Gasteiger partial charge on any atom is 0.109 e. The van der Waals surface area contributed by atoms with Crippen LogP contribution in [0.4, 0.5) is 0 Å². The van der Waals surface area contributed by atoms with E-state index in [1.807, 2.05) is 32.9 Å². The molecule has 0 fully saturated rings. The monoisotopic (exact) mass is 272 g/mol. The van der Waals surface area contributed by atoms with Crippen LogP contribution < -0.4 is 0 Å². The molecule has 2 heterocycles. The predicted octanol–water partition coefficient (Wildman–Crippen LogP) is 4.50. The van der Waals surface area contributed by atoms with Crippen molar-refractivity contribution >= 4 is 21.4 Å². The van der Waals surface area contributed by atoms with Crippen LogP contribution in [-0.4, -0.2) is 5.11 Å². The van der Waals surface area contributed by atoms with Crippen molar-refractivity contribution in [2.24, 2.45) is 0 Å². The molecule has 3 rings (SSSR count). The van der Waals surface area contributed by atoms with E-state index < -0.39 is 6.10 Å². The Morgan fingerprint density at radius 1 is 1.11 bits per heavy atom. The van der Waals surface area contributed by atoms with Crippen molar-refractivity contribution in [3.05, 3.63) is 57.9 Å². The van der Waals surface area contributed by atoms with E-state index in [9.17, 15) is 5.11 Å². The summed E-state index contributed by atoms with van der Waals surface area (Å²) in [6.07, 6.45) is -0.625. The normalized spacial score (nSPS) is 13.1. The molecule has 0 bridgehead atoms. The van der Waals surface area contributed by atoms with Crippen LogP contribution in [0.3, 0.4) is 0 Å². The summed E-state index contributed by atoms with van der Waals surface area (Å²) in [6, 6.07) is 8.13. The van der Waals surface area contributed by atoms with Crippen LogP contribution in [-0.2, 0) is 0 Å². The summed E-state index contributed by atoms with van der Waals surface area (Å²) in [4.78, 5) is 0. The number of aliphatic hydroxyl groups is 1. The number of thiophene rings is 1. The highest BCUT2D eigenvalue weighted by molar-refractivity contribution is 7.17. The Kier molecular flexibility index (Phi) is 2.96. The molecule has 1 N–H and O–H groups in total. The van der Waals surface area contributed by atoms with Crippen LogP contribution in [0.25, 0.3) is 10.1 Å². The molecule has 1 atom stereocenters. The van der Waals surface area contributed by atoms with Gasteiger partial charge in [0.2, 0.25) is 0 Å². The highest BCUT2D eigenvalue weighted by atomic mass is 32.1. The van der Waals surface area contributed by atoms with Gasteiger partial charge in [0.05, 0.1) is 0 Å². The number of benzene rings is 1. The second-order valence-corrected chi connectivity index (χ2v) is 5.76. The number of hydrogen-bond donors (Lipinski definition) is 1. The highest BCUT2D eigenvalue weighted by Crippen LogP contribution is 2.36. The maximum absolute atomic E-state index is 10.7. The lowest BCUT2D eigenvalue weighted by Crippen LogP contribution is -2.02. The van der Waals surface area contributed by atoms with Gasteiger partial charge in [0.15, 0.2) is 0 Å².